The Balaban J connectivity index is 0.000000307. The summed E-state index contributed by atoms with van der Waals surface area (Å²) in [5.41, 5.74) is 5.17. The van der Waals surface area contributed by atoms with Gasteiger partial charge in [-0.2, -0.15) is 0 Å². The minimum atomic E-state index is -0.0749. The highest BCUT2D eigenvalue weighted by atomic mass is 35.5. The van der Waals surface area contributed by atoms with E-state index in [0.717, 1.165) is 59.3 Å². The Labute approximate surface area is 273 Å². The lowest BCUT2D eigenvalue weighted by atomic mass is 10.1. The zero-order valence-electron chi connectivity index (χ0n) is 26.1. The summed E-state index contributed by atoms with van der Waals surface area (Å²) in [4.78, 5) is 0. The van der Waals surface area contributed by atoms with Crippen LogP contribution in [0.4, 0.5) is 0 Å². The van der Waals surface area contributed by atoms with Crippen LogP contribution in [0, 0.1) is 0 Å². The molecule has 2 unspecified atom stereocenters. The summed E-state index contributed by atoms with van der Waals surface area (Å²) in [6, 6.07) is 30.9. The van der Waals surface area contributed by atoms with Gasteiger partial charge >= 0.3 is 0 Å². The van der Waals surface area contributed by atoms with Gasteiger partial charge in [-0.05, 0) is 84.8 Å². The van der Waals surface area contributed by atoms with Gasteiger partial charge in [-0.15, -0.1) is 12.4 Å². The molecule has 4 rings (SSSR count). The Kier molecular flexibility index (Phi) is 17.9. The standard InChI is InChI=1S/2C18H23NO3.ClH/c2*1-19-8-7-18(16-5-3-2-4-6-16)22-17-10-14(12-20)9-15(11-17)13-21;/h2*2-6,9-11,18-21H,7-8,12-13H2,1H3;1H. The minimum absolute atomic E-state index is 0. The molecule has 0 radical (unpaired) electrons. The molecule has 8 nitrogen and oxygen atoms in total. The van der Waals surface area contributed by atoms with E-state index < -0.39 is 0 Å². The van der Waals surface area contributed by atoms with Gasteiger partial charge in [0.25, 0.3) is 0 Å². The van der Waals surface area contributed by atoms with Crippen LogP contribution in [0.5, 0.6) is 11.5 Å². The van der Waals surface area contributed by atoms with E-state index in [-0.39, 0.29) is 51.0 Å². The maximum atomic E-state index is 9.33. The van der Waals surface area contributed by atoms with Crippen LogP contribution in [0.1, 0.15) is 58.4 Å². The molecule has 0 aliphatic carbocycles. The fraction of sp³-hybridized carbons (Fsp3) is 0.333. The van der Waals surface area contributed by atoms with E-state index in [4.69, 9.17) is 9.47 Å². The maximum Gasteiger partial charge on any atom is 0.125 e. The number of benzene rings is 4. The Morgan fingerprint density at radius 1 is 0.511 bits per heavy atom. The Hall–Kier alpha value is -3.47. The second-order valence-electron chi connectivity index (χ2n) is 10.4. The zero-order chi connectivity index (χ0) is 31.6. The summed E-state index contributed by atoms with van der Waals surface area (Å²) >= 11 is 0. The summed E-state index contributed by atoms with van der Waals surface area (Å²) in [6.07, 6.45) is 1.51. The Bertz CT molecular complexity index is 1210. The number of hydrogen-bond acceptors (Lipinski definition) is 8. The molecule has 0 aliphatic heterocycles. The van der Waals surface area contributed by atoms with E-state index >= 15 is 0 Å². The number of aliphatic hydroxyl groups is 4. The molecule has 0 aliphatic rings. The molecule has 0 aromatic heterocycles. The van der Waals surface area contributed by atoms with Gasteiger partial charge in [0.15, 0.2) is 0 Å². The number of rotatable bonds is 16. The van der Waals surface area contributed by atoms with Crippen molar-refractivity contribution in [3.8, 4) is 11.5 Å². The van der Waals surface area contributed by atoms with Gasteiger partial charge in [0, 0.05) is 12.8 Å². The molecular weight excluding hydrogens is 592 g/mol. The third-order valence-electron chi connectivity index (χ3n) is 6.99. The zero-order valence-corrected chi connectivity index (χ0v) is 26.9. The summed E-state index contributed by atoms with van der Waals surface area (Å²) < 4.78 is 12.3. The molecule has 0 fully saturated rings. The van der Waals surface area contributed by atoms with Gasteiger partial charge in [0.2, 0.25) is 0 Å². The molecular formula is C36H47ClN2O6. The molecule has 6 N–H and O–H groups in total. The van der Waals surface area contributed by atoms with Crippen molar-refractivity contribution in [1.29, 1.82) is 0 Å². The number of ether oxygens (including phenoxy) is 2. The smallest absolute Gasteiger partial charge is 0.125 e. The predicted octanol–water partition coefficient (Wildman–Crippen LogP) is 5.22. The van der Waals surface area contributed by atoms with E-state index in [0.29, 0.717) is 11.5 Å². The van der Waals surface area contributed by atoms with E-state index in [2.05, 4.69) is 10.6 Å². The number of aliphatic hydroxyl groups excluding tert-OH is 4. The second kappa shape index (κ2) is 21.3. The average molecular weight is 639 g/mol. The van der Waals surface area contributed by atoms with Gasteiger partial charge in [-0.3, -0.25) is 0 Å². The van der Waals surface area contributed by atoms with Crippen LogP contribution in [0.15, 0.2) is 97.1 Å². The van der Waals surface area contributed by atoms with Crippen molar-refractivity contribution in [2.75, 3.05) is 27.2 Å². The first kappa shape index (κ1) is 37.7. The van der Waals surface area contributed by atoms with Crippen LogP contribution in [0.25, 0.3) is 0 Å². The van der Waals surface area contributed by atoms with Gasteiger partial charge in [-0.1, -0.05) is 72.8 Å². The van der Waals surface area contributed by atoms with Crippen molar-refractivity contribution in [1.82, 2.24) is 10.6 Å². The minimum Gasteiger partial charge on any atom is -0.486 e. The van der Waals surface area contributed by atoms with Gasteiger partial charge in [0.1, 0.15) is 23.7 Å². The molecule has 9 heteroatoms. The predicted molar refractivity (Wildman–Crippen MR) is 181 cm³/mol. The maximum absolute atomic E-state index is 9.33. The molecule has 244 valence electrons. The first-order chi connectivity index (χ1) is 21.5. The third kappa shape index (κ3) is 12.8. The fourth-order valence-corrected chi connectivity index (χ4v) is 4.76. The van der Waals surface area contributed by atoms with Crippen LogP contribution in [-0.2, 0) is 26.4 Å². The van der Waals surface area contributed by atoms with Gasteiger partial charge < -0.3 is 40.5 Å². The third-order valence-corrected chi connectivity index (χ3v) is 6.99. The van der Waals surface area contributed by atoms with Gasteiger partial charge in [0.05, 0.1) is 26.4 Å². The van der Waals surface area contributed by atoms with Crippen LogP contribution < -0.4 is 20.1 Å². The SMILES string of the molecule is CNCCC(Oc1cc(CO)cc(CO)c1)c1ccccc1.CNCCC(Oc1cc(CO)cc(CO)c1)c1ccccc1.Cl. The lowest BCUT2D eigenvalue weighted by Crippen LogP contribution is -2.16. The molecule has 0 amide bonds. The molecule has 4 aromatic carbocycles. The van der Waals surface area contributed by atoms with E-state index in [9.17, 15) is 20.4 Å². The van der Waals surface area contributed by atoms with Crippen molar-refractivity contribution >= 4 is 12.4 Å². The Morgan fingerprint density at radius 3 is 1.09 bits per heavy atom. The molecule has 0 spiro atoms. The number of halogens is 1. The summed E-state index contributed by atoms with van der Waals surface area (Å²) in [5, 5.41) is 43.6. The van der Waals surface area contributed by atoms with E-state index in [1.54, 1.807) is 12.1 Å². The van der Waals surface area contributed by atoms with Crippen molar-refractivity contribution in [3.05, 3.63) is 130 Å². The van der Waals surface area contributed by atoms with Crippen LogP contribution in [0.2, 0.25) is 0 Å². The second-order valence-corrected chi connectivity index (χ2v) is 10.4. The molecule has 45 heavy (non-hydrogen) atoms. The van der Waals surface area contributed by atoms with E-state index in [1.165, 1.54) is 0 Å². The molecule has 0 saturated heterocycles. The molecule has 0 bridgehead atoms. The lowest BCUT2D eigenvalue weighted by molar-refractivity contribution is 0.193. The highest BCUT2D eigenvalue weighted by molar-refractivity contribution is 5.85. The fourth-order valence-electron chi connectivity index (χ4n) is 4.76. The topological polar surface area (TPSA) is 123 Å². The van der Waals surface area contributed by atoms with Crippen LogP contribution >= 0.6 is 12.4 Å². The summed E-state index contributed by atoms with van der Waals surface area (Å²) in [6.45, 7) is 1.39. The van der Waals surface area contributed by atoms with Crippen molar-refractivity contribution in [2.24, 2.45) is 0 Å². The summed E-state index contributed by atoms with van der Waals surface area (Å²) in [5.74, 6) is 1.33. The monoisotopic (exact) mass is 638 g/mol. The van der Waals surface area contributed by atoms with E-state index in [1.807, 2.05) is 99.0 Å². The highest BCUT2D eigenvalue weighted by Gasteiger charge is 2.15. The first-order valence-electron chi connectivity index (χ1n) is 14.9. The number of hydrogen-bond donors (Lipinski definition) is 6. The Morgan fingerprint density at radius 2 is 0.822 bits per heavy atom. The molecule has 0 saturated carbocycles. The van der Waals surface area contributed by atoms with Gasteiger partial charge in [-0.25, -0.2) is 0 Å². The normalized spacial score (nSPS) is 11.9. The van der Waals surface area contributed by atoms with Crippen LogP contribution in [-0.4, -0.2) is 47.6 Å². The molecule has 2 atom stereocenters. The summed E-state index contributed by atoms with van der Waals surface area (Å²) in [7, 11) is 3.83. The van der Waals surface area contributed by atoms with Crippen molar-refractivity contribution in [3.63, 3.8) is 0 Å². The highest BCUT2D eigenvalue weighted by Crippen LogP contribution is 2.28. The molecule has 0 heterocycles. The average Bonchev–Trinajstić information content (AvgIpc) is 3.09. The van der Waals surface area contributed by atoms with Crippen molar-refractivity contribution in [2.45, 2.75) is 51.5 Å². The number of nitrogens with one attached hydrogen (secondary N) is 2. The largest absolute Gasteiger partial charge is 0.486 e. The molecule has 4 aromatic rings. The lowest BCUT2D eigenvalue weighted by Gasteiger charge is -2.20. The first-order valence-corrected chi connectivity index (χ1v) is 14.9. The quantitative estimate of drug-likeness (QED) is 0.0987. The van der Waals surface area contributed by atoms with Crippen molar-refractivity contribution < 1.29 is 29.9 Å². The van der Waals surface area contributed by atoms with Crippen LogP contribution in [0.3, 0.4) is 0 Å².